The zero-order chi connectivity index (χ0) is 16.4. The van der Waals surface area contributed by atoms with Crippen molar-refractivity contribution in [2.75, 3.05) is 20.3 Å². The van der Waals surface area contributed by atoms with E-state index in [9.17, 15) is 18.4 Å². The lowest BCUT2D eigenvalue weighted by molar-refractivity contribution is -0.140. The number of nitrogens with one attached hydrogen (secondary N) is 1. The summed E-state index contributed by atoms with van der Waals surface area (Å²) in [4.78, 5) is 22.3. The van der Waals surface area contributed by atoms with E-state index in [0.717, 1.165) is 18.6 Å². The lowest BCUT2D eigenvalue weighted by atomic mass is 10.2. The number of rotatable bonds is 9. The van der Waals surface area contributed by atoms with Gasteiger partial charge in [-0.25, -0.2) is 8.78 Å². The molecule has 122 valence electrons. The van der Waals surface area contributed by atoms with E-state index < -0.39 is 17.5 Å². The largest absolute Gasteiger partial charge is 0.481 e. The molecule has 1 N–H and O–H groups in total. The van der Waals surface area contributed by atoms with Crippen molar-refractivity contribution in [3.8, 4) is 5.75 Å². The number of hydrogen-bond donors (Lipinski definition) is 1. The van der Waals surface area contributed by atoms with Crippen LogP contribution in [0.15, 0.2) is 18.2 Å². The highest BCUT2D eigenvalue weighted by Gasteiger charge is 2.07. The second-order valence-electron chi connectivity index (χ2n) is 4.60. The quantitative estimate of drug-likeness (QED) is 0.560. The summed E-state index contributed by atoms with van der Waals surface area (Å²) in [5, 5.41) is 2.61. The molecule has 0 aliphatic heterocycles. The molecule has 0 saturated carbocycles. The van der Waals surface area contributed by atoms with Crippen LogP contribution in [-0.2, 0) is 14.3 Å². The highest BCUT2D eigenvalue weighted by atomic mass is 19.1. The average Bonchev–Trinajstić information content (AvgIpc) is 2.49. The molecule has 7 heteroatoms. The van der Waals surface area contributed by atoms with E-state index in [1.807, 2.05) is 0 Å². The zero-order valence-electron chi connectivity index (χ0n) is 12.4. The molecule has 1 aromatic carbocycles. The third kappa shape index (κ3) is 7.01. The van der Waals surface area contributed by atoms with E-state index >= 15 is 0 Å². The summed E-state index contributed by atoms with van der Waals surface area (Å²) in [5.41, 5.74) is 0. The minimum Gasteiger partial charge on any atom is -0.481 e. The normalized spacial score (nSPS) is 10.1. The molecule has 22 heavy (non-hydrogen) atoms. The summed E-state index contributed by atoms with van der Waals surface area (Å²) >= 11 is 0. The predicted molar refractivity (Wildman–Crippen MR) is 75.3 cm³/mol. The van der Waals surface area contributed by atoms with Crippen LogP contribution in [0.25, 0.3) is 0 Å². The minimum absolute atomic E-state index is 0.172. The van der Waals surface area contributed by atoms with Crippen molar-refractivity contribution in [1.29, 1.82) is 0 Å². The number of halogens is 2. The Kier molecular flexibility index (Phi) is 7.88. The van der Waals surface area contributed by atoms with Gasteiger partial charge < -0.3 is 14.8 Å². The van der Waals surface area contributed by atoms with Crippen LogP contribution in [0.2, 0.25) is 0 Å². The predicted octanol–water partition coefficient (Wildman–Crippen LogP) is 2.19. The van der Waals surface area contributed by atoms with Crippen molar-refractivity contribution in [3.63, 3.8) is 0 Å². The summed E-state index contributed by atoms with van der Waals surface area (Å²) in [5.74, 6) is -2.37. The zero-order valence-corrected chi connectivity index (χ0v) is 12.4. The molecular formula is C15H19F2NO4. The molecule has 0 aliphatic rings. The van der Waals surface area contributed by atoms with Crippen LogP contribution in [0.3, 0.4) is 0 Å². The maximum absolute atomic E-state index is 13.3. The Morgan fingerprint density at radius 3 is 2.64 bits per heavy atom. The number of carbonyl (C=O) groups is 2. The van der Waals surface area contributed by atoms with Crippen LogP contribution < -0.4 is 10.1 Å². The number of methoxy groups -OCH3 is 1. The summed E-state index contributed by atoms with van der Waals surface area (Å²) in [6.07, 6.45) is 2.55. The average molecular weight is 315 g/mol. The maximum Gasteiger partial charge on any atom is 0.305 e. The second kappa shape index (κ2) is 9.70. The standard InChI is InChI=1S/C15H19F2NO4/c1-21-15(20)5-3-2-4-8-18-14(19)10-22-13-7-6-11(16)9-12(13)17/h6-7,9H,2-5,8,10H2,1H3,(H,18,19). The first kappa shape index (κ1) is 17.9. The van der Waals surface area contributed by atoms with E-state index in [-0.39, 0.29) is 18.3 Å². The molecule has 1 amide bonds. The first-order valence-electron chi connectivity index (χ1n) is 6.94. The van der Waals surface area contributed by atoms with Crippen LogP contribution >= 0.6 is 0 Å². The Bertz CT molecular complexity index is 508. The molecule has 0 radical (unpaired) electrons. The van der Waals surface area contributed by atoms with Gasteiger partial charge in [0, 0.05) is 19.0 Å². The Morgan fingerprint density at radius 1 is 1.18 bits per heavy atom. The fraction of sp³-hybridized carbons (Fsp3) is 0.467. The fourth-order valence-corrected chi connectivity index (χ4v) is 1.69. The molecule has 0 spiro atoms. The lowest BCUT2D eigenvalue weighted by Crippen LogP contribution is -2.29. The van der Waals surface area contributed by atoms with E-state index in [0.29, 0.717) is 31.9 Å². The Balaban J connectivity index is 2.12. The summed E-state index contributed by atoms with van der Waals surface area (Å²) in [6, 6.07) is 2.87. The lowest BCUT2D eigenvalue weighted by Gasteiger charge is -2.08. The number of amides is 1. The first-order valence-corrected chi connectivity index (χ1v) is 6.94. The third-order valence-corrected chi connectivity index (χ3v) is 2.86. The Morgan fingerprint density at radius 2 is 1.95 bits per heavy atom. The second-order valence-corrected chi connectivity index (χ2v) is 4.60. The monoisotopic (exact) mass is 315 g/mol. The number of benzene rings is 1. The van der Waals surface area contributed by atoms with Crippen LogP contribution in [0.5, 0.6) is 5.75 Å². The van der Waals surface area contributed by atoms with Crippen molar-refractivity contribution in [3.05, 3.63) is 29.8 Å². The molecule has 0 aliphatic carbocycles. The van der Waals surface area contributed by atoms with E-state index in [1.165, 1.54) is 7.11 Å². The molecule has 0 atom stereocenters. The van der Waals surface area contributed by atoms with Crippen LogP contribution in [0.1, 0.15) is 25.7 Å². The minimum atomic E-state index is -0.851. The Hall–Kier alpha value is -2.18. The van der Waals surface area contributed by atoms with Crippen molar-refractivity contribution >= 4 is 11.9 Å². The number of unbranched alkanes of at least 4 members (excludes halogenated alkanes) is 2. The molecule has 0 saturated heterocycles. The van der Waals surface area contributed by atoms with E-state index in [2.05, 4.69) is 10.1 Å². The molecule has 0 fully saturated rings. The molecular weight excluding hydrogens is 296 g/mol. The topological polar surface area (TPSA) is 64.6 Å². The molecule has 1 rings (SSSR count). The summed E-state index contributed by atoms with van der Waals surface area (Å²) in [7, 11) is 1.34. The van der Waals surface area contributed by atoms with Gasteiger partial charge in [0.25, 0.3) is 5.91 Å². The van der Waals surface area contributed by atoms with Gasteiger partial charge in [-0.05, 0) is 25.0 Å². The van der Waals surface area contributed by atoms with Crippen molar-refractivity contribution in [2.45, 2.75) is 25.7 Å². The van der Waals surface area contributed by atoms with Gasteiger partial charge in [-0.15, -0.1) is 0 Å². The van der Waals surface area contributed by atoms with Crippen molar-refractivity contribution in [2.24, 2.45) is 0 Å². The highest BCUT2D eigenvalue weighted by molar-refractivity contribution is 5.77. The van der Waals surface area contributed by atoms with Gasteiger partial charge >= 0.3 is 5.97 Å². The smallest absolute Gasteiger partial charge is 0.305 e. The van der Waals surface area contributed by atoms with Crippen LogP contribution in [0, 0.1) is 11.6 Å². The van der Waals surface area contributed by atoms with E-state index in [4.69, 9.17) is 4.74 Å². The molecule has 0 aromatic heterocycles. The summed E-state index contributed by atoms with van der Waals surface area (Å²) < 4.78 is 35.4. The van der Waals surface area contributed by atoms with Gasteiger partial charge in [-0.3, -0.25) is 9.59 Å². The van der Waals surface area contributed by atoms with Gasteiger partial charge in [0.1, 0.15) is 5.82 Å². The number of ether oxygens (including phenoxy) is 2. The van der Waals surface area contributed by atoms with Crippen LogP contribution in [-0.4, -0.2) is 32.1 Å². The SMILES string of the molecule is COC(=O)CCCCCNC(=O)COc1ccc(F)cc1F. The molecule has 5 nitrogen and oxygen atoms in total. The third-order valence-electron chi connectivity index (χ3n) is 2.86. The number of carbonyl (C=O) groups excluding carboxylic acids is 2. The van der Waals surface area contributed by atoms with Gasteiger partial charge in [-0.2, -0.15) is 0 Å². The first-order chi connectivity index (χ1) is 10.5. The van der Waals surface area contributed by atoms with E-state index in [1.54, 1.807) is 0 Å². The summed E-state index contributed by atoms with van der Waals surface area (Å²) in [6.45, 7) is 0.0972. The van der Waals surface area contributed by atoms with Gasteiger partial charge in [-0.1, -0.05) is 6.42 Å². The number of hydrogen-bond acceptors (Lipinski definition) is 4. The van der Waals surface area contributed by atoms with Crippen molar-refractivity contribution in [1.82, 2.24) is 5.32 Å². The highest BCUT2D eigenvalue weighted by Crippen LogP contribution is 2.17. The van der Waals surface area contributed by atoms with Crippen LogP contribution in [0.4, 0.5) is 8.78 Å². The van der Waals surface area contributed by atoms with Crippen molar-refractivity contribution < 1.29 is 27.8 Å². The number of esters is 1. The molecule has 0 bridgehead atoms. The van der Waals surface area contributed by atoms with Gasteiger partial charge in [0.2, 0.25) is 0 Å². The Labute approximate surface area is 127 Å². The molecule has 1 aromatic rings. The molecule has 0 heterocycles. The van der Waals surface area contributed by atoms with Gasteiger partial charge in [0.15, 0.2) is 18.2 Å². The van der Waals surface area contributed by atoms with Gasteiger partial charge in [0.05, 0.1) is 7.11 Å². The maximum atomic E-state index is 13.3. The fourth-order valence-electron chi connectivity index (χ4n) is 1.69. The molecule has 0 unspecified atom stereocenters.